The summed E-state index contributed by atoms with van der Waals surface area (Å²) in [5.41, 5.74) is 1.43. The standard InChI is InChI=1S/C22H27N3O6/c1-28-17-7-5-16(6-8-17)24-9-11-25(12-10-24)22(27)21(26)23-15-13-18(29-2)20(31-4)19(14-15)30-3/h5-8,13-14H,9-12H2,1-4H3,(H,23,26). The highest BCUT2D eigenvalue weighted by Gasteiger charge is 2.27. The highest BCUT2D eigenvalue weighted by molar-refractivity contribution is 6.39. The third-order valence-corrected chi connectivity index (χ3v) is 5.12. The molecular formula is C22H27N3O6. The quantitative estimate of drug-likeness (QED) is 0.703. The first-order chi connectivity index (χ1) is 15.0. The van der Waals surface area contributed by atoms with Crippen LogP contribution in [0.1, 0.15) is 0 Å². The van der Waals surface area contributed by atoms with Gasteiger partial charge in [-0.1, -0.05) is 0 Å². The zero-order chi connectivity index (χ0) is 22.4. The lowest BCUT2D eigenvalue weighted by atomic mass is 10.2. The Kier molecular flexibility index (Phi) is 7.07. The maximum atomic E-state index is 12.7. The Hall–Kier alpha value is -3.62. The van der Waals surface area contributed by atoms with Crippen LogP contribution in [0.15, 0.2) is 36.4 Å². The summed E-state index contributed by atoms with van der Waals surface area (Å²) >= 11 is 0. The van der Waals surface area contributed by atoms with Gasteiger partial charge in [0.05, 0.1) is 28.4 Å². The number of nitrogens with one attached hydrogen (secondary N) is 1. The fourth-order valence-electron chi connectivity index (χ4n) is 3.44. The van der Waals surface area contributed by atoms with Gasteiger partial charge in [-0.05, 0) is 24.3 Å². The van der Waals surface area contributed by atoms with E-state index in [0.717, 1.165) is 11.4 Å². The van der Waals surface area contributed by atoms with Gasteiger partial charge in [-0.2, -0.15) is 0 Å². The van der Waals surface area contributed by atoms with Crippen molar-refractivity contribution >= 4 is 23.2 Å². The molecule has 31 heavy (non-hydrogen) atoms. The monoisotopic (exact) mass is 429 g/mol. The molecule has 0 aliphatic carbocycles. The highest BCUT2D eigenvalue weighted by Crippen LogP contribution is 2.39. The topological polar surface area (TPSA) is 89.6 Å². The summed E-state index contributed by atoms with van der Waals surface area (Å²) in [6, 6.07) is 10.9. The van der Waals surface area contributed by atoms with Gasteiger partial charge in [-0.15, -0.1) is 0 Å². The molecule has 166 valence electrons. The van der Waals surface area contributed by atoms with Crippen molar-refractivity contribution in [3.8, 4) is 23.0 Å². The van der Waals surface area contributed by atoms with Crippen molar-refractivity contribution in [3.05, 3.63) is 36.4 Å². The number of hydrogen-bond acceptors (Lipinski definition) is 7. The molecule has 1 heterocycles. The van der Waals surface area contributed by atoms with Gasteiger partial charge in [0.2, 0.25) is 5.75 Å². The van der Waals surface area contributed by atoms with Crippen LogP contribution in [0.2, 0.25) is 0 Å². The van der Waals surface area contributed by atoms with Gasteiger partial charge in [-0.3, -0.25) is 9.59 Å². The molecule has 3 rings (SSSR count). The molecule has 0 spiro atoms. The van der Waals surface area contributed by atoms with Crippen molar-refractivity contribution in [2.75, 3.05) is 64.8 Å². The van der Waals surface area contributed by atoms with E-state index in [2.05, 4.69) is 10.2 Å². The van der Waals surface area contributed by atoms with Crippen molar-refractivity contribution in [1.82, 2.24) is 4.90 Å². The smallest absolute Gasteiger partial charge is 0.313 e. The van der Waals surface area contributed by atoms with Crippen molar-refractivity contribution in [2.45, 2.75) is 0 Å². The Morgan fingerprint density at radius 1 is 0.806 bits per heavy atom. The van der Waals surface area contributed by atoms with E-state index in [-0.39, 0.29) is 0 Å². The zero-order valence-corrected chi connectivity index (χ0v) is 18.1. The summed E-state index contributed by atoms with van der Waals surface area (Å²) in [6.45, 7) is 2.17. The molecule has 2 aromatic carbocycles. The second-order valence-corrected chi connectivity index (χ2v) is 6.85. The van der Waals surface area contributed by atoms with Crippen molar-refractivity contribution in [1.29, 1.82) is 0 Å². The predicted octanol–water partition coefficient (Wildman–Crippen LogP) is 2.01. The highest BCUT2D eigenvalue weighted by atomic mass is 16.5. The summed E-state index contributed by atoms with van der Waals surface area (Å²) in [6.07, 6.45) is 0. The molecule has 1 aliphatic rings. The van der Waals surface area contributed by atoms with Crippen LogP contribution in [0.5, 0.6) is 23.0 Å². The lowest BCUT2D eigenvalue weighted by Gasteiger charge is -2.35. The Labute approximate surface area is 181 Å². The summed E-state index contributed by atoms with van der Waals surface area (Å²) < 4.78 is 21.0. The molecule has 0 bridgehead atoms. The van der Waals surface area contributed by atoms with Gasteiger partial charge in [0.15, 0.2) is 11.5 Å². The number of carbonyl (C=O) groups is 2. The molecule has 0 saturated carbocycles. The molecule has 0 unspecified atom stereocenters. The number of piperazine rings is 1. The van der Waals surface area contributed by atoms with E-state index in [4.69, 9.17) is 18.9 Å². The van der Waals surface area contributed by atoms with E-state index in [0.29, 0.717) is 49.1 Å². The number of nitrogens with zero attached hydrogens (tertiary/aromatic N) is 2. The number of anilines is 2. The van der Waals surface area contributed by atoms with Crippen LogP contribution in [0, 0.1) is 0 Å². The summed E-state index contributed by atoms with van der Waals surface area (Å²) in [5, 5.41) is 2.62. The molecule has 2 aromatic rings. The zero-order valence-electron chi connectivity index (χ0n) is 18.1. The van der Waals surface area contributed by atoms with Crippen LogP contribution in [0.3, 0.4) is 0 Å². The third kappa shape index (κ3) is 4.93. The van der Waals surface area contributed by atoms with Crippen molar-refractivity contribution in [2.24, 2.45) is 0 Å². The fraction of sp³-hybridized carbons (Fsp3) is 0.364. The van der Waals surface area contributed by atoms with Crippen LogP contribution in [0.4, 0.5) is 11.4 Å². The molecular weight excluding hydrogens is 402 g/mol. The Morgan fingerprint density at radius 3 is 1.87 bits per heavy atom. The van der Waals surface area contributed by atoms with Gasteiger partial charge >= 0.3 is 11.8 Å². The van der Waals surface area contributed by atoms with Gasteiger partial charge in [0, 0.05) is 49.7 Å². The van der Waals surface area contributed by atoms with E-state index in [1.807, 2.05) is 24.3 Å². The number of methoxy groups -OCH3 is 4. The number of amides is 2. The number of hydrogen-bond donors (Lipinski definition) is 1. The summed E-state index contributed by atoms with van der Waals surface area (Å²) in [7, 11) is 6.09. The largest absolute Gasteiger partial charge is 0.497 e. The number of ether oxygens (including phenoxy) is 4. The lowest BCUT2D eigenvalue weighted by molar-refractivity contribution is -0.143. The van der Waals surface area contributed by atoms with Crippen LogP contribution in [0.25, 0.3) is 0 Å². The lowest BCUT2D eigenvalue weighted by Crippen LogP contribution is -2.51. The second kappa shape index (κ2) is 9.92. The minimum absolute atomic E-state index is 0.379. The van der Waals surface area contributed by atoms with Crippen LogP contribution >= 0.6 is 0 Å². The van der Waals surface area contributed by atoms with Crippen molar-refractivity contribution < 1.29 is 28.5 Å². The van der Waals surface area contributed by atoms with Crippen LogP contribution < -0.4 is 29.2 Å². The SMILES string of the molecule is COc1ccc(N2CCN(C(=O)C(=O)Nc3cc(OC)c(OC)c(OC)c3)CC2)cc1. The first-order valence-corrected chi connectivity index (χ1v) is 9.80. The first-order valence-electron chi connectivity index (χ1n) is 9.80. The van der Waals surface area contributed by atoms with E-state index in [1.165, 1.54) is 21.3 Å². The van der Waals surface area contributed by atoms with E-state index in [9.17, 15) is 9.59 Å². The predicted molar refractivity (Wildman–Crippen MR) is 117 cm³/mol. The van der Waals surface area contributed by atoms with Gasteiger partial charge < -0.3 is 34.1 Å². The Balaban J connectivity index is 1.61. The molecule has 1 fully saturated rings. The normalized spacial score (nSPS) is 13.4. The minimum Gasteiger partial charge on any atom is -0.497 e. The Bertz CT molecular complexity index is 898. The number of benzene rings is 2. The van der Waals surface area contributed by atoms with E-state index >= 15 is 0 Å². The maximum absolute atomic E-state index is 12.7. The molecule has 1 saturated heterocycles. The average molecular weight is 429 g/mol. The molecule has 0 aromatic heterocycles. The summed E-state index contributed by atoms with van der Waals surface area (Å²) in [5.74, 6) is 0.677. The van der Waals surface area contributed by atoms with Crippen molar-refractivity contribution in [3.63, 3.8) is 0 Å². The Morgan fingerprint density at radius 2 is 1.39 bits per heavy atom. The number of rotatable bonds is 6. The molecule has 0 atom stereocenters. The van der Waals surface area contributed by atoms with Gasteiger partial charge in [0.1, 0.15) is 5.75 Å². The fourth-order valence-corrected chi connectivity index (χ4v) is 3.44. The van der Waals surface area contributed by atoms with E-state index in [1.54, 1.807) is 24.1 Å². The minimum atomic E-state index is -0.716. The summed E-state index contributed by atoms with van der Waals surface area (Å²) in [4.78, 5) is 28.9. The van der Waals surface area contributed by atoms with Gasteiger partial charge in [-0.25, -0.2) is 0 Å². The average Bonchev–Trinajstić information content (AvgIpc) is 2.82. The maximum Gasteiger partial charge on any atom is 0.313 e. The third-order valence-electron chi connectivity index (χ3n) is 5.12. The second-order valence-electron chi connectivity index (χ2n) is 6.85. The van der Waals surface area contributed by atoms with Crippen LogP contribution in [-0.4, -0.2) is 71.3 Å². The van der Waals surface area contributed by atoms with Crippen LogP contribution in [-0.2, 0) is 9.59 Å². The molecule has 1 aliphatic heterocycles. The van der Waals surface area contributed by atoms with E-state index < -0.39 is 11.8 Å². The van der Waals surface area contributed by atoms with Gasteiger partial charge in [0.25, 0.3) is 0 Å². The first kappa shape index (κ1) is 22.1. The molecule has 9 heteroatoms. The number of carbonyl (C=O) groups excluding carboxylic acids is 2. The molecule has 1 N–H and O–H groups in total. The molecule has 2 amide bonds. The molecule has 0 radical (unpaired) electrons. The molecule has 9 nitrogen and oxygen atoms in total.